The third-order valence-electron chi connectivity index (χ3n) is 4.89. The Kier molecular flexibility index (Phi) is 4.06. The number of likely N-dealkylation sites (tertiary alicyclic amines) is 1. The number of rotatable bonds is 1. The first-order chi connectivity index (χ1) is 11.2. The fourth-order valence-electron chi connectivity index (χ4n) is 3.53. The van der Waals surface area contributed by atoms with Gasteiger partial charge in [0.05, 0.1) is 11.3 Å². The van der Waals surface area contributed by atoms with Crippen LogP contribution in [0.4, 0.5) is 5.69 Å². The summed E-state index contributed by atoms with van der Waals surface area (Å²) < 4.78 is 0. The normalized spacial score (nSPS) is 19.5. The maximum atomic E-state index is 12.5. The Morgan fingerprint density at radius 3 is 2.50 bits per heavy atom. The molecule has 24 heavy (non-hydrogen) atoms. The molecule has 1 fully saturated rings. The van der Waals surface area contributed by atoms with Gasteiger partial charge >= 0.3 is 0 Å². The van der Waals surface area contributed by atoms with Crippen molar-refractivity contribution in [3.05, 3.63) is 29.3 Å². The fourth-order valence-corrected chi connectivity index (χ4v) is 3.53. The highest BCUT2D eigenvalue weighted by Gasteiger charge is 2.41. The number of anilines is 1. The number of fused-ring (bicyclic) bond motifs is 1. The van der Waals surface area contributed by atoms with Crippen molar-refractivity contribution in [1.29, 1.82) is 0 Å². The van der Waals surface area contributed by atoms with E-state index in [2.05, 4.69) is 31.4 Å². The monoisotopic (exact) mass is 329 g/mol. The molecule has 5 heteroatoms. The summed E-state index contributed by atoms with van der Waals surface area (Å²) in [5.74, 6) is 0.179. The standard InChI is InChI=1S/C19H27N3O2/c1-13-6-5-7-14-16(13)20-19(21-17(14)24)8-10-22(11-9-19)15(23)12-18(2,3)4/h5-7,20H,8-12H2,1-4H3,(H,21,24). The van der Waals surface area contributed by atoms with E-state index in [-0.39, 0.29) is 17.2 Å². The van der Waals surface area contributed by atoms with Crippen LogP contribution in [0, 0.1) is 12.3 Å². The van der Waals surface area contributed by atoms with Gasteiger partial charge in [0.25, 0.3) is 5.91 Å². The highest BCUT2D eigenvalue weighted by atomic mass is 16.2. The predicted octanol–water partition coefficient (Wildman–Crippen LogP) is 2.91. The Morgan fingerprint density at radius 2 is 1.88 bits per heavy atom. The maximum Gasteiger partial charge on any atom is 0.255 e. The van der Waals surface area contributed by atoms with E-state index in [0.29, 0.717) is 25.1 Å². The molecule has 5 nitrogen and oxygen atoms in total. The molecule has 1 spiro atoms. The van der Waals surface area contributed by atoms with Crippen molar-refractivity contribution in [2.24, 2.45) is 5.41 Å². The zero-order chi connectivity index (χ0) is 17.5. The first-order valence-corrected chi connectivity index (χ1v) is 8.67. The Bertz CT molecular complexity index is 668. The molecule has 2 N–H and O–H groups in total. The number of carbonyl (C=O) groups excluding carboxylic acids is 2. The van der Waals surface area contributed by atoms with E-state index in [9.17, 15) is 9.59 Å². The minimum Gasteiger partial charge on any atom is -0.362 e. The number of amides is 2. The molecule has 2 amide bonds. The van der Waals surface area contributed by atoms with Crippen LogP contribution in [-0.2, 0) is 4.79 Å². The van der Waals surface area contributed by atoms with E-state index in [0.717, 1.165) is 24.1 Å². The molecule has 2 aliphatic heterocycles. The molecule has 0 aliphatic carbocycles. The Hall–Kier alpha value is -2.04. The Labute approximate surface area is 143 Å². The van der Waals surface area contributed by atoms with E-state index in [4.69, 9.17) is 0 Å². The SMILES string of the molecule is Cc1cccc2c1NC1(CCN(C(=O)CC(C)(C)C)CC1)NC2=O. The quantitative estimate of drug-likeness (QED) is 0.833. The van der Waals surface area contributed by atoms with E-state index in [1.807, 2.05) is 30.0 Å². The number of para-hydroxylation sites is 1. The average molecular weight is 329 g/mol. The van der Waals surface area contributed by atoms with Crippen molar-refractivity contribution in [3.63, 3.8) is 0 Å². The van der Waals surface area contributed by atoms with Crippen LogP contribution in [0.25, 0.3) is 0 Å². The molecule has 0 unspecified atom stereocenters. The van der Waals surface area contributed by atoms with Crippen LogP contribution >= 0.6 is 0 Å². The number of piperidine rings is 1. The molecular weight excluding hydrogens is 302 g/mol. The van der Waals surface area contributed by atoms with E-state index >= 15 is 0 Å². The minimum absolute atomic E-state index is 0.000422. The van der Waals surface area contributed by atoms with Gasteiger partial charge in [-0.05, 0) is 24.0 Å². The van der Waals surface area contributed by atoms with Crippen molar-refractivity contribution >= 4 is 17.5 Å². The number of hydrogen-bond donors (Lipinski definition) is 2. The molecule has 1 aromatic carbocycles. The summed E-state index contributed by atoms with van der Waals surface area (Å²) in [6.45, 7) is 9.60. The predicted molar refractivity (Wildman–Crippen MR) is 94.9 cm³/mol. The van der Waals surface area contributed by atoms with Gasteiger partial charge in [-0.3, -0.25) is 9.59 Å². The summed E-state index contributed by atoms with van der Waals surface area (Å²) in [5.41, 5.74) is 2.27. The molecule has 2 aliphatic rings. The average Bonchev–Trinajstić information content (AvgIpc) is 2.47. The first kappa shape index (κ1) is 16.8. The number of carbonyl (C=O) groups is 2. The minimum atomic E-state index is -0.436. The molecule has 0 saturated carbocycles. The summed E-state index contributed by atoms with van der Waals surface area (Å²) in [4.78, 5) is 26.8. The van der Waals surface area contributed by atoms with Crippen LogP contribution in [0.2, 0.25) is 0 Å². The van der Waals surface area contributed by atoms with Crippen LogP contribution in [0.3, 0.4) is 0 Å². The molecule has 3 rings (SSSR count). The van der Waals surface area contributed by atoms with Crippen LogP contribution in [0.15, 0.2) is 18.2 Å². The number of hydrogen-bond acceptors (Lipinski definition) is 3. The van der Waals surface area contributed by atoms with Crippen molar-refractivity contribution < 1.29 is 9.59 Å². The Morgan fingerprint density at radius 1 is 1.21 bits per heavy atom. The van der Waals surface area contributed by atoms with Gasteiger partial charge in [0, 0.05) is 32.4 Å². The van der Waals surface area contributed by atoms with Gasteiger partial charge in [0.1, 0.15) is 5.66 Å². The highest BCUT2D eigenvalue weighted by molar-refractivity contribution is 6.02. The number of nitrogens with zero attached hydrogens (tertiary/aromatic N) is 1. The molecule has 130 valence electrons. The topological polar surface area (TPSA) is 61.4 Å². The van der Waals surface area contributed by atoms with E-state index < -0.39 is 5.66 Å². The van der Waals surface area contributed by atoms with Crippen LogP contribution < -0.4 is 10.6 Å². The van der Waals surface area contributed by atoms with Crippen molar-refractivity contribution in [2.45, 2.75) is 52.6 Å². The first-order valence-electron chi connectivity index (χ1n) is 8.67. The largest absolute Gasteiger partial charge is 0.362 e. The summed E-state index contributed by atoms with van der Waals surface area (Å²) >= 11 is 0. The van der Waals surface area contributed by atoms with Crippen molar-refractivity contribution in [1.82, 2.24) is 10.2 Å². The lowest BCUT2D eigenvalue weighted by atomic mass is 9.89. The summed E-state index contributed by atoms with van der Waals surface area (Å²) in [6, 6.07) is 5.76. The van der Waals surface area contributed by atoms with Crippen molar-refractivity contribution in [3.8, 4) is 0 Å². The smallest absolute Gasteiger partial charge is 0.255 e. The van der Waals surface area contributed by atoms with Gasteiger partial charge in [-0.15, -0.1) is 0 Å². The van der Waals surface area contributed by atoms with E-state index in [1.165, 1.54) is 0 Å². The second-order valence-electron chi connectivity index (χ2n) is 8.28. The zero-order valence-electron chi connectivity index (χ0n) is 15.0. The molecule has 0 radical (unpaired) electrons. The van der Waals surface area contributed by atoms with Gasteiger partial charge in [-0.1, -0.05) is 32.9 Å². The highest BCUT2D eigenvalue weighted by Crippen LogP contribution is 2.33. The third-order valence-corrected chi connectivity index (χ3v) is 4.89. The summed E-state index contributed by atoms with van der Waals surface area (Å²) in [7, 11) is 0. The maximum absolute atomic E-state index is 12.5. The van der Waals surface area contributed by atoms with Crippen LogP contribution in [-0.4, -0.2) is 35.5 Å². The van der Waals surface area contributed by atoms with Crippen LogP contribution in [0.5, 0.6) is 0 Å². The van der Waals surface area contributed by atoms with Crippen molar-refractivity contribution in [2.75, 3.05) is 18.4 Å². The van der Waals surface area contributed by atoms with Gasteiger partial charge in [0.15, 0.2) is 0 Å². The third kappa shape index (κ3) is 3.25. The fraction of sp³-hybridized carbons (Fsp3) is 0.579. The number of aryl methyl sites for hydroxylation is 1. The lowest BCUT2D eigenvalue weighted by Crippen LogP contribution is -2.63. The Balaban J connectivity index is 1.71. The molecule has 2 heterocycles. The second kappa shape index (κ2) is 5.80. The lowest BCUT2D eigenvalue weighted by molar-refractivity contribution is -0.134. The zero-order valence-corrected chi connectivity index (χ0v) is 15.0. The van der Waals surface area contributed by atoms with Gasteiger partial charge in [0.2, 0.25) is 5.91 Å². The molecule has 1 saturated heterocycles. The second-order valence-corrected chi connectivity index (χ2v) is 8.28. The molecular formula is C19H27N3O2. The summed E-state index contributed by atoms with van der Waals surface area (Å²) in [5, 5.41) is 6.68. The lowest BCUT2D eigenvalue weighted by Gasteiger charge is -2.46. The number of nitrogens with one attached hydrogen (secondary N) is 2. The van der Waals surface area contributed by atoms with Crippen LogP contribution in [0.1, 0.15) is 56.0 Å². The molecule has 0 bridgehead atoms. The van der Waals surface area contributed by atoms with E-state index in [1.54, 1.807) is 0 Å². The molecule has 0 atom stereocenters. The number of benzene rings is 1. The summed E-state index contributed by atoms with van der Waals surface area (Å²) in [6.07, 6.45) is 2.01. The molecule has 0 aromatic heterocycles. The van der Waals surface area contributed by atoms with Gasteiger partial charge in [-0.25, -0.2) is 0 Å². The molecule has 1 aromatic rings. The van der Waals surface area contributed by atoms with Gasteiger partial charge in [-0.2, -0.15) is 0 Å². The van der Waals surface area contributed by atoms with Gasteiger partial charge < -0.3 is 15.5 Å².